The third-order valence-corrected chi connectivity index (χ3v) is 17.5. The van der Waals surface area contributed by atoms with Gasteiger partial charge in [0, 0.05) is 7.92 Å². The molecule has 4 aromatic carbocycles. The minimum Gasteiger partial charge on any atom is -0.207 e. The van der Waals surface area contributed by atoms with Gasteiger partial charge in [-0.3, -0.25) is 0 Å². The molecule has 64 heavy (non-hydrogen) atoms. The Balaban J connectivity index is 0.000000295. The molecule has 0 saturated heterocycles. The smallest absolute Gasteiger partial charge is 0.200 e. The van der Waals surface area contributed by atoms with Crippen LogP contribution >= 0.6 is 7.92 Å². The van der Waals surface area contributed by atoms with E-state index in [1.807, 2.05) is 0 Å². The first-order valence-electron chi connectivity index (χ1n) is 20.2. The van der Waals surface area contributed by atoms with E-state index in [-0.39, 0.29) is 7.92 Å². The van der Waals surface area contributed by atoms with Crippen LogP contribution < -0.4 is 21.9 Å². The minimum absolute atomic E-state index is 0.0465. The SMILES string of the molecule is C1CCC([PH+](C2CCCCC2)C2CCCCC2)CC1.Fc1c(F)c(F)c([B-](c2c(F)c(F)c(F)c(F)c2F)(c2c(F)c(F)c(F)c(F)c2F)c2c(F)c(F)c(F)c(F)c2F)c(F)c1F. The zero-order valence-corrected chi connectivity index (χ0v) is 34.0. The summed E-state index contributed by atoms with van der Waals surface area (Å²) >= 11 is 0. The molecule has 0 heterocycles. The van der Waals surface area contributed by atoms with Crippen LogP contribution in [-0.2, 0) is 0 Å². The molecule has 0 atom stereocenters. The van der Waals surface area contributed by atoms with Crippen molar-refractivity contribution in [2.45, 2.75) is 113 Å². The summed E-state index contributed by atoms with van der Waals surface area (Å²) in [6.45, 7) is 0. The number of hydrogen-bond acceptors (Lipinski definition) is 0. The highest BCUT2D eigenvalue weighted by atomic mass is 31.1. The Morgan fingerprint density at radius 2 is 0.359 bits per heavy atom. The molecule has 0 aliphatic heterocycles. The molecular formula is C42H34BF20P. The lowest BCUT2D eigenvalue weighted by atomic mass is 9.12. The third-order valence-electron chi connectivity index (χ3n) is 12.9. The molecule has 0 N–H and O–H groups in total. The Morgan fingerprint density at radius 1 is 0.219 bits per heavy atom. The van der Waals surface area contributed by atoms with Gasteiger partial charge in [-0.25, -0.2) is 87.8 Å². The van der Waals surface area contributed by atoms with Gasteiger partial charge in [0.2, 0.25) is 0 Å². The monoisotopic (exact) mass is 960 g/mol. The molecule has 3 aliphatic carbocycles. The van der Waals surface area contributed by atoms with E-state index in [0.29, 0.717) is 0 Å². The number of benzene rings is 4. The van der Waals surface area contributed by atoms with E-state index in [0.717, 1.165) is 0 Å². The van der Waals surface area contributed by atoms with E-state index in [4.69, 9.17) is 0 Å². The van der Waals surface area contributed by atoms with Crippen molar-refractivity contribution >= 4 is 35.9 Å². The van der Waals surface area contributed by atoms with Crippen LogP contribution in [0, 0.1) is 116 Å². The average molecular weight is 960 g/mol. The predicted octanol–water partition coefficient (Wildman–Crippen LogP) is 12.0. The standard InChI is InChI=1S/C24BF20.C18H33P/c26-5-1(6(27)14(35)21(42)13(5)34)25(2-7(28)15(36)22(43)16(37)8(2)29,3-9(30)17(38)23(44)18(39)10(3)31)4-11(32)19(40)24(45)20(41)12(4)33;1-4-10-16(11-5-1)19(17-12-6-2-7-13-17)18-14-8-3-9-15-18/h;16-18H,1-15H2/q-1;/p+1. The molecule has 0 radical (unpaired) electrons. The number of rotatable bonds is 7. The van der Waals surface area contributed by atoms with Crippen LogP contribution in [-0.4, -0.2) is 23.1 Å². The van der Waals surface area contributed by atoms with Crippen molar-refractivity contribution in [2.75, 3.05) is 0 Å². The fourth-order valence-corrected chi connectivity index (χ4v) is 15.4. The molecule has 0 bridgehead atoms. The van der Waals surface area contributed by atoms with Gasteiger partial charge in [0.15, 0.2) is 69.8 Å². The Hall–Kier alpha value is -4.03. The van der Waals surface area contributed by atoms with Crippen molar-refractivity contribution in [3.63, 3.8) is 0 Å². The Kier molecular flexibility index (Phi) is 15.0. The summed E-state index contributed by atoms with van der Waals surface area (Å²) in [5.41, 5.74) is -10.6. The van der Waals surface area contributed by atoms with Gasteiger partial charge in [0.25, 0.3) is 0 Å². The van der Waals surface area contributed by atoms with Crippen molar-refractivity contribution in [3.05, 3.63) is 116 Å². The summed E-state index contributed by atoms with van der Waals surface area (Å²) in [5.74, 6) is -71.4. The molecular weight excluding hydrogens is 926 g/mol. The van der Waals surface area contributed by atoms with Gasteiger partial charge >= 0.3 is 0 Å². The molecule has 3 saturated carbocycles. The van der Waals surface area contributed by atoms with Gasteiger partial charge in [-0.1, -0.05) is 19.3 Å². The lowest BCUT2D eigenvalue weighted by Gasteiger charge is -2.44. The zero-order chi connectivity index (χ0) is 47.3. The second kappa shape index (κ2) is 19.4. The highest BCUT2D eigenvalue weighted by Crippen LogP contribution is 2.61. The molecule has 0 spiro atoms. The van der Waals surface area contributed by atoms with Gasteiger partial charge in [0.1, 0.15) is 52.7 Å². The summed E-state index contributed by atoms with van der Waals surface area (Å²) in [7, 11) is -0.0465. The highest BCUT2D eigenvalue weighted by molar-refractivity contribution is 7.60. The topological polar surface area (TPSA) is 0 Å². The van der Waals surface area contributed by atoms with Crippen LogP contribution in [0.15, 0.2) is 0 Å². The number of halogens is 20. The molecule has 350 valence electrons. The van der Waals surface area contributed by atoms with Crippen molar-refractivity contribution in [3.8, 4) is 0 Å². The van der Waals surface area contributed by atoms with E-state index in [1.54, 1.807) is 96.3 Å². The zero-order valence-electron chi connectivity index (χ0n) is 33.0. The molecule has 0 nitrogen and oxygen atoms in total. The third kappa shape index (κ3) is 8.15. The van der Waals surface area contributed by atoms with Crippen LogP contribution in [0.5, 0.6) is 0 Å². The maximum atomic E-state index is 15.4. The van der Waals surface area contributed by atoms with Gasteiger partial charge in [0.05, 0.1) is 17.0 Å². The highest BCUT2D eigenvalue weighted by Gasteiger charge is 2.52. The molecule has 0 amide bonds. The minimum atomic E-state index is -7.22. The van der Waals surface area contributed by atoms with Crippen molar-refractivity contribution in [1.82, 2.24) is 0 Å². The van der Waals surface area contributed by atoms with E-state index in [1.165, 1.54) is 17.0 Å². The Morgan fingerprint density at radius 3 is 0.516 bits per heavy atom. The van der Waals surface area contributed by atoms with Crippen molar-refractivity contribution in [1.29, 1.82) is 0 Å². The van der Waals surface area contributed by atoms with Crippen LogP contribution in [0.3, 0.4) is 0 Å². The van der Waals surface area contributed by atoms with E-state index >= 15 is 35.1 Å². The fourth-order valence-electron chi connectivity index (χ4n) is 10.2. The molecule has 0 unspecified atom stereocenters. The van der Waals surface area contributed by atoms with Crippen molar-refractivity contribution in [2.24, 2.45) is 0 Å². The van der Waals surface area contributed by atoms with E-state index < -0.39 is 144 Å². The largest absolute Gasteiger partial charge is 0.207 e. The molecule has 7 rings (SSSR count). The lowest BCUT2D eigenvalue weighted by molar-refractivity contribution is 0.378. The van der Waals surface area contributed by atoms with Crippen molar-refractivity contribution < 1.29 is 87.8 Å². The first-order chi connectivity index (χ1) is 30.2. The maximum Gasteiger partial charge on any atom is 0.200 e. The second-order valence-electron chi connectivity index (χ2n) is 16.3. The molecule has 0 aromatic heterocycles. The van der Waals surface area contributed by atoms with Crippen LogP contribution in [0.2, 0.25) is 0 Å². The lowest BCUT2D eigenvalue weighted by Crippen LogP contribution is -2.81. The second-order valence-corrected chi connectivity index (χ2v) is 19.8. The van der Waals surface area contributed by atoms with Gasteiger partial charge in [-0.2, -0.15) is 0 Å². The fraction of sp³-hybridized carbons (Fsp3) is 0.429. The molecule has 22 heteroatoms. The van der Waals surface area contributed by atoms with Crippen LogP contribution in [0.1, 0.15) is 96.3 Å². The van der Waals surface area contributed by atoms with E-state index in [9.17, 15) is 52.7 Å². The summed E-state index contributed by atoms with van der Waals surface area (Å²) in [6.07, 6.45) is 16.6. The molecule has 3 fully saturated rings. The van der Waals surface area contributed by atoms with Crippen LogP contribution in [0.4, 0.5) is 87.8 Å². The van der Waals surface area contributed by atoms with Gasteiger partial charge < -0.3 is 0 Å². The van der Waals surface area contributed by atoms with E-state index in [2.05, 4.69) is 0 Å². The predicted molar refractivity (Wildman–Crippen MR) is 198 cm³/mol. The maximum absolute atomic E-state index is 15.4. The number of hydrogen-bond donors (Lipinski definition) is 0. The summed E-state index contributed by atoms with van der Waals surface area (Å²) in [6, 6.07) is 0. The molecule has 4 aromatic rings. The Bertz CT molecular complexity index is 2000. The van der Waals surface area contributed by atoms with Crippen LogP contribution in [0.25, 0.3) is 0 Å². The van der Waals surface area contributed by atoms with Gasteiger partial charge in [-0.05, 0) is 77.0 Å². The summed E-state index contributed by atoms with van der Waals surface area (Å²) in [4.78, 5) is 0. The Labute approximate surface area is 353 Å². The summed E-state index contributed by atoms with van der Waals surface area (Å²) in [5, 5.41) is 0. The van der Waals surface area contributed by atoms with Gasteiger partial charge in [-0.15, -0.1) is 21.9 Å². The first-order valence-corrected chi connectivity index (χ1v) is 22.0. The normalized spacial score (nSPS) is 17.0. The quantitative estimate of drug-likeness (QED) is 0.0569. The average Bonchev–Trinajstić information content (AvgIpc) is 3.30. The first kappa shape index (κ1) is 49.4. The molecule has 3 aliphatic rings. The summed E-state index contributed by atoms with van der Waals surface area (Å²) < 4.78 is 294.